The third kappa shape index (κ3) is 3.05. The van der Waals surface area contributed by atoms with Crippen molar-refractivity contribution in [1.82, 2.24) is 20.2 Å². The Bertz CT molecular complexity index is 964. The van der Waals surface area contributed by atoms with Crippen LogP contribution in [0.2, 0.25) is 0 Å². The van der Waals surface area contributed by atoms with Gasteiger partial charge in [0.1, 0.15) is 0 Å². The van der Waals surface area contributed by atoms with Crippen LogP contribution >= 0.6 is 0 Å². The number of carbonyl (C=O) groups is 1. The maximum Gasteiger partial charge on any atom is 0.292 e. The van der Waals surface area contributed by atoms with E-state index >= 15 is 0 Å². The van der Waals surface area contributed by atoms with Crippen LogP contribution in [0, 0.1) is 0 Å². The number of nitrogens with one attached hydrogen (secondary N) is 1. The number of hydrazone groups is 1. The molecule has 1 N–H and O–H groups in total. The van der Waals surface area contributed by atoms with Gasteiger partial charge in [0.05, 0.1) is 17.3 Å². The monoisotopic (exact) mass is 321 g/mol. The van der Waals surface area contributed by atoms with Gasteiger partial charge >= 0.3 is 0 Å². The highest BCUT2D eigenvalue weighted by Gasteiger charge is 2.15. The number of aryl methyl sites for hydroxylation is 1. The molecule has 2 heterocycles. The van der Waals surface area contributed by atoms with Crippen molar-refractivity contribution in [2.45, 2.75) is 13.5 Å². The number of benzene rings is 1. The first-order valence-electron chi connectivity index (χ1n) is 7.45. The molecule has 0 aliphatic rings. The summed E-state index contributed by atoms with van der Waals surface area (Å²) in [6.07, 6.45) is 3.07. The standard InChI is InChI=1S/C17H15N5O2/c1-2-22-17(24)14-9-4-3-8-13(14)15(21-22)16(23)20-19-11-12-7-5-6-10-18-12/h3-11H,2H2,1H3,(H,20,23)/b19-11-. The quantitative estimate of drug-likeness (QED) is 0.583. The Labute approximate surface area is 137 Å². The summed E-state index contributed by atoms with van der Waals surface area (Å²) >= 11 is 0. The summed E-state index contributed by atoms with van der Waals surface area (Å²) in [5.74, 6) is -0.486. The third-order valence-corrected chi connectivity index (χ3v) is 3.43. The number of hydrogen-bond acceptors (Lipinski definition) is 5. The normalized spacial score (nSPS) is 11.0. The molecule has 3 aromatic rings. The lowest BCUT2D eigenvalue weighted by molar-refractivity contribution is 0.0949. The predicted octanol–water partition coefficient (Wildman–Crippen LogP) is 1.58. The number of amides is 1. The number of aromatic nitrogens is 3. The fourth-order valence-electron chi connectivity index (χ4n) is 2.28. The molecule has 1 aromatic carbocycles. The maximum atomic E-state index is 12.4. The van der Waals surface area contributed by atoms with Crippen LogP contribution in [0.5, 0.6) is 0 Å². The van der Waals surface area contributed by atoms with Crippen molar-refractivity contribution in [3.63, 3.8) is 0 Å². The van der Waals surface area contributed by atoms with E-state index in [2.05, 4.69) is 20.6 Å². The SMILES string of the molecule is CCn1nc(C(=O)N/N=C\c2ccccn2)c2ccccc2c1=O. The van der Waals surface area contributed by atoms with Crippen LogP contribution in [0.25, 0.3) is 10.8 Å². The topological polar surface area (TPSA) is 89.2 Å². The van der Waals surface area contributed by atoms with Crippen molar-refractivity contribution < 1.29 is 4.79 Å². The molecule has 0 radical (unpaired) electrons. The van der Waals surface area contributed by atoms with Crippen LogP contribution in [-0.2, 0) is 6.54 Å². The van der Waals surface area contributed by atoms with Crippen LogP contribution in [0.15, 0.2) is 58.6 Å². The molecule has 3 rings (SSSR count). The zero-order valence-corrected chi connectivity index (χ0v) is 13.0. The van der Waals surface area contributed by atoms with Crippen LogP contribution in [0.1, 0.15) is 23.1 Å². The van der Waals surface area contributed by atoms with Gasteiger partial charge in [-0.1, -0.05) is 24.3 Å². The number of carbonyl (C=O) groups excluding carboxylic acids is 1. The van der Waals surface area contributed by atoms with Crippen LogP contribution in [0.3, 0.4) is 0 Å². The number of rotatable bonds is 4. The highest BCUT2D eigenvalue weighted by molar-refractivity contribution is 6.04. The minimum Gasteiger partial charge on any atom is -0.267 e. The van der Waals surface area contributed by atoms with Crippen molar-refractivity contribution in [3.05, 3.63) is 70.4 Å². The minimum absolute atomic E-state index is 0.158. The van der Waals surface area contributed by atoms with Gasteiger partial charge in [0.15, 0.2) is 5.69 Å². The van der Waals surface area contributed by atoms with Crippen molar-refractivity contribution in [2.75, 3.05) is 0 Å². The predicted molar refractivity (Wildman–Crippen MR) is 91.0 cm³/mol. The molecule has 0 aliphatic heterocycles. The van der Waals surface area contributed by atoms with Gasteiger partial charge in [-0.15, -0.1) is 0 Å². The second-order valence-electron chi connectivity index (χ2n) is 4.97. The molecule has 0 saturated carbocycles. The molecular weight excluding hydrogens is 306 g/mol. The number of hydrogen-bond donors (Lipinski definition) is 1. The van der Waals surface area contributed by atoms with Gasteiger partial charge in [-0.05, 0) is 25.1 Å². The van der Waals surface area contributed by atoms with Gasteiger partial charge in [0, 0.05) is 18.1 Å². The average molecular weight is 321 g/mol. The molecule has 0 bridgehead atoms. The van der Waals surface area contributed by atoms with E-state index in [1.54, 1.807) is 49.5 Å². The van der Waals surface area contributed by atoms with E-state index in [0.29, 0.717) is 23.0 Å². The largest absolute Gasteiger partial charge is 0.292 e. The summed E-state index contributed by atoms with van der Waals surface area (Å²) in [6, 6.07) is 12.3. The molecule has 24 heavy (non-hydrogen) atoms. The van der Waals surface area contributed by atoms with E-state index in [0.717, 1.165) is 0 Å². The molecule has 0 unspecified atom stereocenters. The van der Waals surface area contributed by atoms with Crippen molar-refractivity contribution >= 4 is 22.9 Å². The summed E-state index contributed by atoms with van der Waals surface area (Å²) in [6.45, 7) is 2.17. The fraction of sp³-hybridized carbons (Fsp3) is 0.118. The van der Waals surface area contributed by atoms with E-state index in [-0.39, 0.29) is 11.3 Å². The summed E-state index contributed by atoms with van der Waals surface area (Å²) in [7, 11) is 0. The second-order valence-corrected chi connectivity index (χ2v) is 4.97. The van der Waals surface area contributed by atoms with Gasteiger partial charge < -0.3 is 0 Å². The van der Waals surface area contributed by atoms with Gasteiger partial charge in [-0.3, -0.25) is 14.6 Å². The zero-order valence-electron chi connectivity index (χ0n) is 13.0. The Morgan fingerprint density at radius 2 is 1.96 bits per heavy atom. The summed E-state index contributed by atoms with van der Waals surface area (Å²) in [5, 5.41) is 8.99. The third-order valence-electron chi connectivity index (χ3n) is 3.43. The molecular formula is C17H15N5O2. The molecule has 0 saturated heterocycles. The van der Waals surface area contributed by atoms with E-state index in [1.807, 2.05) is 6.07 Å². The maximum absolute atomic E-state index is 12.4. The van der Waals surface area contributed by atoms with E-state index in [1.165, 1.54) is 10.9 Å². The smallest absolute Gasteiger partial charge is 0.267 e. The number of fused-ring (bicyclic) bond motifs is 1. The highest BCUT2D eigenvalue weighted by atomic mass is 16.2. The molecule has 0 aliphatic carbocycles. The molecule has 2 aromatic heterocycles. The molecule has 0 atom stereocenters. The minimum atomic E-state index is -0.486. The highest BCUT2D eigenvalue weighted by Crippen LogP contribution is 2.13. The van der Waals surface area contributed by atoms with E-state index in [4.69, 9.17) is 0 Å². The molecule has 1 amide bonds. The molecule has 0 spiro atoms. The lowest BCUT2D eigenvalue weighted by Crippen LogP contribution is -2.28. The lowest BCUT2D eigenvalue weighted by Gasteiger charge is -2.08. The van der Waals surface area contributed by atoms with Crippen molar-refractivity contribution in [1.29, 1.82) is 0 Å². The first kappa shape index (κ1) is 15.5. The molecule has 0 fully saturated rings. The summed E-state index contributed by atoms with van der Waals surface area (Å²) < 4.78 is 1.26. The lowest BCUT2D eigenvalue weighted by atomic mass is 10.1. The summed E-state index contributed by atoms with van der Waals surface area (Å²) in [4.78, 5) is 28.7. The Hall–Kier alpha value is -3.35. The number of pyridine rings is 1. The first-order chi connectivity index (χ1) is 11.7. The zero-order chi connectivity index (χ0) is 16.9. The van der Waals surface area contributed by atoms with E-state index < -0.39 is 5.91 Å². The molecule has 120 valence electrons. The Balaban J connectivity index is 1.94. The van der Waals surface area contributed by atoms with E-state index in [9.17, 15) is 9.59 Å². The van der Waals surface area contributed by atoms with Crippen LogP contribution in [0.4, 0.5) is 0 Å². The Morgan fingerprint density at radius 1 is 1.21 bits per heavy atom. The first-order valence-corrected chi connectivity index (χ1v) is 7.45. The van der Waals surface area contributed by atoms with Gasteiger partial charge in [-0.25, -0.2) is 10.1 Å². The van der Waals surface area contributed by atoms with Crippen molar-refractivity contribution in [3.8, 4) is 0 Å². The van der Waals surface area contributed by atoms with Crippen LogP contribution in [-0.4, -0.2) is 26.9 Å². The van der Waals surface area contributed by atoms with Crippen molar-refractivity contribution in [2.24, 2.45) is 5.10 Å². The van der Waals surface area contributed by atoms with Gasteiger partial charge in [0.2, 0.25) is 0 Å². The number of nitrogens with zero attached hydrogens (tertiary/aromatic N) is 4. The molecule has 7 heteroatoms. The fourth-order valence-corrected chi connectivity index (χ4v) is 2.28. The Kier molecular flexibility index (Phi) is 4.42. The summed E-state index contributed by atoms with van der Waals surface area (Å²) in [5.41, 5.74) is 2.98. The second kappa shape index (κ2) is 6.82. The Morgan fingerprint density at radius 3 is 2.67 bits per heavy atom. The van der Waals surface area contributed by atoms with Gasteiger partial charge in [-0.2, -0.15) is 10.2 Å². The van der Waals surface area contributed by atoms with Crippen LogP contribution < -0.4 is 11.0 Å². The molecule has 7 nitrogen and oxygen atoms in total. The average Bonchev–Trinajstić information content (AvgIpc) is 2.63. The van der Waals surface area contributed by atoms with Gasteiger partial charge in [0.25, 0.3) is 11.5 Å².